The summed E-state index contributed by atoms with van der Waals surface area (Å²) in [6, 6.07) is 8.40. The normalized spacial score (nSPS) is 9.78. The number of phenolic OH excluding ortho intramolecular Hbond substituents is 1. The molecule has 0 radical (unpaired) electrons. The average molecular weight is 241 g/mol. The second kappa shape index (κ2) is 4.63. The molecule has 5 nitrogen and oxygen atoms in total. The van der Waals surface area contributed by atoms with Crippen LogP contribution in [0.1, 0.15) is 11.1 Å². The monoisotopic (exact) mass is 241 g/mol. The summed E-state index contributed by atoms with van der Waals surface area (Å²) in [7, 11) is 0. The van der Waals surface area contributed by atoms with E-state index in [1.54, 1.807) is 31.3 Å². The van der Waals surface area contributed by atoms with Crippen LogP contribution in [-0.2, 0) is 0 Å². The van der Waals surface area contributed by atoms with Crippen LogP contribution < -0.4 is 10.5 Å². The highest BCUT2D eigenvalue weighted by Gasteiger charge is 2.12. The van der Waals surface area contributed by atoms with E-state index >= 15 is 0 Å². The lowest BCUT2D eigenvalue weighted by Gasteiger charge is -2.10. The van der Waals surface area contributed by atoms with Gasteiger partial charge >= 0.3 is 0 Å². The Morgan fingerprint density at radius 2 is 2.17 bits per heavy atom. The standard InChI is InChI=1S/C13H11N3O2/c1-8-5-6-16-13(9(8)7-14)18-11-4-2-3-10(17)12(11)15/h2-6,17H,15H2,1H3. The summed E-state index contributed by atoms with van der Waals surface area (Å²) in [5.74, 6) is 0.373. The van der Waals surface area contributed by atoms with E-state index < -0.39 is 0 Å². The third kappa shape index (κ3) is 2.04. The van der Waals surface area contributed by atoms with E-state index in [2.05, 4.69) is 4.98 Å². The molecular formula is C13H11N3O2. The second-order valence-corrected chi connectivity index (χ2v) is 3.71. The Kier molecular flexibility index (Phi) is 3.02. The fourth-order valence-corrected chi connectivity index (χ4v) is 1.47. The van der Waals surface area contributed by atoms with Gasteiger partial charge in [0.15, 0.2) is 5.75 Å². The molecule has 2 rings (SSSR count). The number of para-hydroxylation sites is 1. The number of pyridine rings is 1. The van der Waals surface area contributed by atoms with Crippen molar-refractivity contribution >= 4 is 5.69 Å². The lowest BCUT2D eigenvalue weighted by Crippen LogP contribution is -1.97. The molecule has 0 spiro atoms. The second-order valence-electron chi connectivity index (χ2n) is 3.71. The maximum Gasteiger partial charge on any atom is 0.237 e. The van der Waals surface area contributed by atoms with Crippen molar-refractivity contribution in [1.82, 2.24) is 4.98 Å². The highest BCUT2D eigenvalue weighted by molar-refractivity contribution is 5.63. The van der Waals surface area contributed by atoms with Crippen molar-refractivity contribution in [2.24, 2.45) is 0 Å². The number of aromatic hydroxyl groups is 1. The van der Waals surface area contributed by atoms with Crippen molar-refractivity contribution in [1.29, 1.82) is 5.26 Å². The molecule has 0 aliphatic heterocycles. The van der Waals surface area contributed by atoms with Gasteiger partial charge in [-0.2, -0.15) is 5.26 Å². The summed E-state index contributed by atoms with van der Waals surface area (Å²) in [5.41, 5.74) is 6.90. The lowest BCUT2D eigenvalue weighted by atomic mass is 10.2. The minimum absolute atomic E-state index is 0.0707. The molecule has 2 aromatic rings. The van der Waals surface area contributed by atoms with Gasteiger partial charge in [0, 0.05) is 6.20 Å². The van der Waals surface area contributed by atoms with Crippen LogP contribution in [0.5, 0.6) is 17.4 Å². The number of anilines is 1. The number of benzene rings is 1. The first kappa shape index (κ1) is 11.7. The number of nitrogen functional groups attached to an aromatic ring is 1. The molecular weight excluding hydrogens is 230 g/mol. The minimum atomic E-state index is -0.0707. The molecule has 1 heterocycles. The Bertz CT molecular complexity index is 633. The SMILES string of the molecule is Cc1ccnc(Oc2cccc(O)c2N)c1C#N. The largest absolute Gasteiger partial charge is 0.506 e. The maximum absolute atomic E-state index is 9.47. The van der Waals surface area contributed by atoms with Crippen LogP contribution in [0.2, 0.25) is 0 Å². The molecule has 0 atom stereocenters. The Hall–Kier alpha value is -2.74. The van der Waals surface area contributed by atoms with E-state index in [1.165, 1.54) is 6.07 Å². The molecule has 18 heavy (non-hydrogen) atoms. The molecule has 0 aliphatic carbocycles. The molecule has 5 heteroatoms. The van der Waals surface area contributed by atoms with Crippen LogP contribution >= 0.6 is 0 Å². The van der Waals surface area contributed by atoms with Crippen LogP contribution in [0.3, 0.4) is 0 Å². The zero-order valence-electron chi connectivity index (χ0n) is 9.71. The van der Waals surface area contributed by atoms with E-state index in [0.29, 0.717) is 5.56 Å². The summed E-state index contributed by atoms with van der Waals surface area (Å²) < 4.78 is 5.47. The summed E-state index contributed by atoms with van der Waals surface area (Å²) in [4.78, 5) is 3.99. The first-order chi connectivity index (χ1) is 8.63. The van der Waals surface area contributed by atoms with Crippen LogP contribution in [0, 0.1) is 18.3 Å². The predicted octanol–water partition coefficient (Wildman–Crippen LogP) is 2.34. The molecule has 0 fully saturated rings. The molecule has 3 N–H and O–H groups in total. The fourth-order valence-electron chi connectivity index (χ4n) is 1.47. The molecule has 0 unspecified atom stereocenters. The Balaban J connectivity index is 2.44. The van der Waals surface area contributed by atoms with Gasteiger partial charge in [0.25, 0.3) is 0 Å². The highest BCUT2D eigenvalue weighted by atomic mass is 16.5. The van der Waals surface area contributed by atoms with Crippen LogP contribution in [0.4, 0.5) is 5.69 Å². The Morgan fingerprint density at radius 3 is 2.89 bits per heavy atom. The number of ether oxygens (including phenoxy) is 1. The van der Waals surface area contributed by atoms with E-state index in [-0.39, 0.29) is 23.1 Å². The molecule has 0 bridgehead atoms. The summed E-state index contributed by atoms with van der Waals surface area (Å²) in [5, 5.41) is 18.5. The number of nitriles is 1. The van der Waals surface area contributed by atoms with Crippen molar-refractivity contribution in [3.8, 4) is 23.4 Å². The Morgan fingerprint density at radius 1 is 1.39 bits per heavy atom. The number of rotatable bonds is 2. The molecule has 1 aromatic carbocycles. The average Bonchev–Trinajstić information content (AvgIpc) is 2.35. The molecule has 0 amide bonds. The quantitative estimate of drug-likeness (QED) is 0.621. The summed E-state index contributed by atoms with van der Waals surface area (Å²) in [6.07, 6.45) is 1.55. The first-order valence-electron chi connectivity index (χ1n) is 5.24. The molecule has 1 aromatic heterocycles. The van der Waals surface area contributed by atoms with Gasteiger partial charge in [-0.1, -0.05) is 6.07 Å². The van der Waals surface area contributed by atoms with Crippen molar-refractivity contribution in [3.63, 3.8) is 0 Å². The molecule has 0 saturated heterocycles. The summed E-state index contributed by atoms with van der Waals surface area (Å²) in [6.45, 7) is 1.79. The van der Waals surface area contributed by atoms with Crippen molar-refractivity contribution in [2.75, 3.05) is 5.73 Å². The molecule has 90 valence electrons. The topological polar surface area (TPSA) is 92.2 Å². The number of nitrogens with zero attached hydrogens (tertiary/aromatic N) is 2. The molecule has 0 saturated carbocycles. The zero-order chi connectivity index (χ0) is 13.1. The van der Waals surface area contributed by atoms with Gasteiger partial charge in [0.1, 0.15) is 23.1 Å². The van der Waals surface area contributed by atoms with E-state index in [1.807, 2.05) is 6.07 Å². The maximum atomic E-state index is 9.47. The lowest BCUT2D eigenvalue weighted by molar-refractivity contribution is 0.448. The number of hydrogen-bond donors (Lipinski definition) is 2. The number of aryl methyl sites for hydroxylation is 1. The third-order valence-corrected chi connectivity index (χ3v) is 2.49. The van der Waals surface area contributed by atoms with E-state index in [4.69, 9.17) is 15.7 Å². The van der Waals surface area contributed by atoms with Crippen molar-refractivity contribution in [2.45, 2.75) is 6.92 Å². The van der Waals surface area contributed by atoms with E-state index in [9.17, 15) is 5.11 Å². The predicted molar refractivity (Wildman–Crippen MR) is 66.3 cm³/mol. The molecule has 0 aliphatic rings. The minimum Gasteiger partial charge on any atom is -0.506 e. The first-order valence-corrected chi connectivity index (χ1v) is 5.24. The Labute approximate surface area is 104 Å². The van der Waals surface area contributed by atoms with Crippen molar-refractivity contribution < 1.29 is 9.84 Å². The van der Waals surface area contributed by atoms with Crippen LogP contribution in [-0.4, -0.2) is 10.1 Å². The third-order valence-electron chi connectivity index (χ3n) is 2.49. The number of phenols is 1. The van der Waals surface area contributed by atoms with Gasteiger partial charge < -0.3 is 15.6 Å². The highest BCUT2D eigenvalue weighted by Crippen LogP contribution is 2.34. The fraction of sp³-hybridized carbons (Fsp3) is 0.0769. The van der Waals surface area contributed by atoms with Gasteiger partial charge in [-0.15, -0.1) is 0 Å². The van der Waals surface area contributed by atoms with Crippen LogP contribution in [0.25, 0.3) is 0 Å². The van der Waals surface area contributed by atoms with E-state index in [0.717, 1.165) is 5.56 Å². The van der Waals surface area contributed by atoms with Gasteiger partial charge in [0.2, 0.25) is 5.88 Å². The van der Waals surface area contributed by atoms with Gasteiger partial charge in [-0.05, 0) is 30.7 Å². The smallest absolute Gasteiger partial charge is 0.237 e. The van der Waals surface area contributed by atoms with Gasteiger partial charge in [-0.3, -0.25) is 0 Å². The summed E-state index contributed by atoms with van der Waals surface area (Å²) >= 11 is 0. The number of hydrogen-bond acceptors (Lipinski definition) is 5. The number of nitrogens with two attached hydrogens (primary N) is 1. The van der Waals surface area contributed by atoms with Crippen molar-refractivity contribution in [3.05, 3.63) is 41.6 Å². The van der Waals surface area contributed by atoms with Gasteiger partial charge in [0.05, 0.1) is 0 Å². The number of aromatic nitrogens is 1. The zero-order valence-corrected chi connectivity index (χ0v) is 9.71. The van der Waals surface area contributed by atoms with Crippen LogP contribution in [0.15, 0.2) is 30.5 Å². The van der Waals surface area contributed by atoms with Gasteiger partial charge in [-0.25, -0.2) is 4.98 Å².